The summed E-state index contributed by atoms with van der Waals surface area (Å²) < 4.78 is 5.29. The van der Waals surface area contributed by atoms with Crippen molar-refractivity contribution in [3.05, 3.63) is 40.4 Å². The van der Waals surface area contributed by atoms with Crippen molar-refractivity contribution >= 4 is 40.9 Å². The van der Waals surface area contributed by atoms with E-state index in [0.717, 1.165) is 5.56 Å². The second kappa shape index (κ2) is 8.78. The second-order valence-electron chi connectivity index (χ2n) is 7.05. The molecular formula is C19H24Cl2N2O3. The fourth-order valence-corrected chi connectivity index (χ4v) is 3.25. The number of hydrogen-bond acceptors (Lipinski definition) is 3. The van der Waals surface area contributed by atoms with E-state index in [1.807, 2.05) is 45.0 Å². The van der Waals surface area contributed by atoms with Crippen LogP contribution in [0.15, 0.2) is 34.8 Å². The van der Waals surface area contributed by atoms with Crippen molar-refractivity contribution < 1.29 is 14.3 Å². The van der Waals surface area contributed by atoms with Gasteiger partial charge in [0.1, 0.15) is 4.49 Å². The van der Waals surface area contributed by atoms with Crippen molar-refractivity contribution in [1.29, 1.82) is 0 Å². The number of rotatable bonds is 7. The highest BCUT2D eigenvalue weighted by Gasteiger charge is 2.60. The van der Waals surface area contributed by atoms with Gasteiger partial charge in [-0.3, -0.25) is 10.1 Å². The largest absolute Gasteiger partial charge is 0.449 e. The summed E-state index contributed by atoms with van der Waals surface area (Å²) in [6, 6.07) is 7.44. The third kappa shape index (κ3) is 5.64. The molecular weight excluding hydrogens is 375 g/mol. The van der Waals surface area contributed by atoms with Gasteiger partial charge >= 0.3 is 6.09 Å². The summed E-state index contributed by atoms with van der Waals surface area (Å²) in [4.78, 5) is 23.9. The van der Waals surface area contributed by atoms with Crippen LogP contribution in [-0.4, -0.2) is 25.2 Å². The molecule has 2 unspecified atom stereocenters. The van der Waals surface area contributed by atoms with Crippen LogP contribution in [0.4, 0.5) is 10.5 Å². The van der Waals surface area contributed by atoms with E-state index in [1.54, 1.807) is 6.08 Å². The van der Waals surface area contributed by atoms with E-state index < -0.39 is 6.09 Å². The molecule has 1 saturated carbocycles. The average Bonchev–Trinajstić information content (AvgIpc) is 3.08. The Hall–Kier alpha value is -1.72. The third-order valence-electron chi connectivity index (χ3n) is 4.65. The first-order valence-corrected chi connectivity index (χ1v) is 9.28. The Morgan fingerprint density at radius 2 is 1.88 bits per heavy atom. The summed E-state index contributed by atoms with van der Waals surface area (Å²) in [5, 5.41) is 5.52. The highest BCUT2D eigenvalue weighted by molar-refractivity contribution is 6.55. The number of allylic oxidation sites excluding steroid dienone is 1. The Morgan fingerprint density at radius 1 is 1.23 bits per heavy atom. The van der Waals surface area contributed by atoms with Gasteiger partial charge in [-0.2, -0.15) is 0 Å². The zero-order valence-electron chi connectivity index (χ0n) is 15.1. The Bertz CT molecular complexity index is 683. The van der Waals surface area contributed by atoms with Crippen LogP contribution in [0.3, 0.4) is 0 Å². The maximum Gasteiger partial charge on any atom is 0.411 e. The van der Waals surface area contributed by atoms with Gasteiger partial charge in [-0.1, -0.05) is 54.7 Å². The molecule has 2 N–H and O–H groups in total. The molecule has 0 radical (unpaired) electrons. The quantitative estimate of drug-likeness (QED) is 0.657. The number of hydrogen-bond donors (Lipinski definition) is 2. The molecule has 1 aliphatic carbocycles. The van der Waals surface area contributed by atoms with Crippen molar-refractivity contribution in [1.82, 2.24) is 5.32 Å². The Morgan fingerprint density at radius 3 is 2.50 bits per heavy atom. The van der Waals surface area contributed by atoms with E-state index in [9.17, 15) is 9.59 Å². The lowest BCUT2D eigenvalue weighted by Gasteiger charge is -2.08. The first-order chi connectivity index (χ1) is 12.2. The molecule has 0 heterocycles. The summed E-state index contributed by atoms with van der Waals surface area (Å²) in [6.45, 7) is 6.65. The molecule has 5 nitrogen and oxygen atoms in total. The van der Waals surface area contributed by atoms with Crippen LogP contribution in [0.25, 0.3) is 0 Å². The maximum atomic E-state index is 12.2. The van der Waals surface area contributed by atoms with E-state index in [0.29, 0.717) is 18.7 Å². The van der Waals surface area contributed by atoms with Crippen LogP contribution in [-0.2, 0) is 9.53 Å². The standard InChI is InChI=1S/C19H24Cl2N2O3/c1-12-5-7-13(8-6-12)23-18(25)26-10-4-9-22-17(24)16-14(11-15(20)21)19(16,2)3/h5-8,11,14,16H,4,9-10H2,1-3H3,(H,22,24)(H,23,25). The van der Waals surface area contributed by atoms with E-state index in [4.69, 9.17) is 27.9 Å². The van der Waals surface area contributed by atoms with Gasteiger partial charge < -0.3 is 10.1 Å². The van der Waals surface area contributed by atoms with Gasteiger partial charge in [0, 0.05) is 12.2 Å². The van der Waals surface area contributed by atoms with Crippen LogP contribution in [0.2, 0.25) is 0 Å². The fourth-order valence-electron chi connectivity index (χ4n) is 2.97. The molecule has 1 fully saturated rings. The zero-order valence-corrected chi connectivity index (χ0v) is 16.7. The number of anilines is 1. The fraction of sp³-hybridized carbons (Fsp3) is 0.474. The van der Waals surface area contributed by atoms with Gasteiger partial charge in [-0.25, -0.2) is 4.79 Å². The van der Waals surface area contributed by atoms with E-state index in [-0.39, 0.29) is 34.3 Å². The molecule has 1 aliphatic rings. The van der Waals surface area contributed by atoms with Gasteiger partial charge in [0.25, 0.3) is 0 Å². The topological polar surface area (TPSA) is 67.4 Å². The summed E-state index contributed by atoms with van der Waals surface area (Å²) in [6.07, 6.45) is 1.74. The number of carbonyl (C=O) groups excluding carboxylic acids is 2. The van der Waals surface area contributed by atoms with E-state index in [2.05, 4.69) is 10.6 Å². The molecule has 1 aromatic carbocycles. The normalized spacial score (nSPS) is 20.0. The van der Waals surface area contributed by atoms with Crippen molar-refractivity contribution in [3.63, 3.8) is 0 Å². The highest BCUT2D eigenvalue weighted by atomic mass is 35.5. The van der Waals surface area contributed by atoms with Crippen molar-refractivity contribution in [2.45, 2.75) is 27.2 Å². The Kier molecular flexibility index (Phi) is 6.95. The lowest BCUT2D eigenvalue weighted by atomic mass is 10.1. The minimum absolute atomic E-state index is 0.0325. The van der Waals surface area contributed by atoms with Crippen molar-refractivity contribution in [2.75, 3.05) is 18.5 Å². The van der Waals surface area contributed by atoms with Gasteiger partial charge in [0.05, 0.1) is 12.5 Å². The maximum absolute atomic E-state index is 12.2. The number of benzene rings is 1. The summed E-state index contributed by atoms with van der Waals surface area (Å²) in [7, 11) is 0. The molecule has 26 heavy (non-hydrogen) atoms. The number of amides is 2. The predicted molar refractivity (Wildman–Crippen MR) is 104 cm³/mol. The van der Waals surface area contributed by atoms with Gasteiger partial charge in [0.2, 0.25) is 5.91 Å². The number of ether oxygens (including phenoxy) is 1. The van der Waals surface area contributed by atoms with E-state index >= 15 is 0 Å². The van der Waals surface area contributed by atoms with Crippen LogP contribution >= 0.6 is 23.2 Å². The summed E-state index contributed by atoms with van der Waals surface area (Å²) >= 11 is 11.4. The number of carbonyl (C=O) groups is 2. The van der Waals surface area contributed by atoms with Gasteiger partial charge in [0.15, 0.2) is 0 Å². The number of halogens is 2. The van der Waals surface area contributed by atoms with Crippen molar-refractivity contribution in [3.8, 4) is 0 Å². The number of nitrogens with one attached hydrogen (secondary N) is 2. The Balaban J connectivity index is 1.63. The molecule has 1 aromatic rings. The first-order valence-electron chi connectivity index (χ1n) is 8.53. The van der Waals surface area contributed by atoms with Crippen LogP contribution in [0.5, 0.6) is 0 Å². The van der Waals surface area contributed by atoms with Crippen molar-refractivity contribution in [2.24, 2.45) is 17.3 Å². The Labute approximate surface area is 164 Å². The second-order valence-corrected chi connectivity index (χ2v) is 8.06. The summed E-state index contributed by atoms with van der Waals surface area (Å²) in [5.74, 6) is -0.125. The number of aryl methyl sites for hydroxylation is 1. The lowest BCUT2D eigenvalue weighted by Crippen LogP contribution is -2.28. The molecule has 142 valence electrons. The smallest absolute Gasteiger partial charge is 0.411 e. The van der Waals surface area contributed by atoms with E-state index in [1.165, 1.54) is 0 Å². The molecule has 2 atom stereocenters. The average molecular weight is 399 g/mol. The minimum atomic E-state index is -0.509. The third-order valence-corrected chi connectivity index (χ3v) is 4.90. The van der Waals surface area contributed by atoms with Crippen LogP contribution in [0.1, 0.15) is 25.8 Å². The molecule has 0 saturated heterocycles. The molecule has 2 rings (SSSR count). The van der Waals surface area contributed by atoms with Crippen LogP contribution in [0, 0.1) is 24.2 Å². The van der Waals surface area contributed by atoms with Gasteiger partial charge in [-0.15, -0.1) is 0 Å². The highest BCUT2D eigenvalue weighted by Crippen LogP contribution is 2.59. The summed E-state index contributed by atoms with van der Waals surface area (Å²) in [5.41, 5.74) is 1.65. The monoisotopic (exact) mass is 398 g/mol. The minimum Gasteiger partial charge on any atom is -0.449 e. The van der Waals surface area contributed by atoms with Crippen LogP contribution < -0.4 is 10.6 Å². The zero-order chi connectivity index (χ0) is 19.3. The molecule has 0 spiro atoms. The lowest BCUT2D eigenvalue weighted by molar-refractivity contribution is -0.123. The SMILES string of the molecule is Cc1ccc(NC(=O)OCCCNC(=O)C2C(C=C(Cl)Cl)C2(C)C)cc1. The first kappa shape index (κ1) is 20.6. The predicted octanol–water partition coefficient (Wildman–Crippen LogP) is 4.64. The van der Waals surface area contributed by atoms with Gasteiger partial charge in [-0.05, 0) is 42.9 Å². The molecule has 0 bridgehead atoms. The molecule has 0 aliphatic heterocycles. The molecule has 0 aromatic heterocycles. The molecule has 7 heteroatoms. The molecule has 2 amide bonds.